The van der Waals surface area contributed by atoms with Crippen molar-refractivity contribution in [2.45, 2.75) is 51.6 Å². The summed E-state index contributed by atoms with van der Waals surface area (Å²) in [5.74, 6) is 2.22. The molecule has 1 atom stereocenters. The van der Waals surface area contributed by atoms with Crippen LogP contribution in [0.15, 0.2) is 6.20 Å². The van der Waals surface area contributed by atoms with Crippen LogP contribution >= 0.6 is 0 Å². The molecule has 2 aliphatic rings. The summed E-state index contributed by atoms with van der Waals surface area (Å²) < 4.78 is 2.36. The fraction of sp³-hybridized carbons (Fsp3) is 0.769. The highest BCUT2D eigenvalue weighted by Gasteiger charge is 2.26. The zero-order valence-corrected chi connectivity index (χ0v) is 10.1. The van der Waals surface area contributed by atoms with E-state index in [0.29, 0.717) is 6.04 Å². The lowest BCUT2D eigenvalue weighted by molar-refractivity contribution is 0.258. The van der Waals surface area contributed by atoms with E-state index in [1.54, 1.807) is 0 Å². The molecule has 0 bridgehead atoms. The van der Waals surface area contributed by atoms with Crippen LogP contribution in [0.25, 0.3) is 0 Å². The smallest absolute Gasteiger partial charge is 0.126 e. The Morgan fingerprint density at radius 1 is 1.44 bits per heavy atom. The third-order valence-corrected chi connectivity index (χ3v) is 4.00. The predicted octanol–water partition coefficient (Wildman–Crippen LogP) is 2.42. The van der Waals surface area contributed by atoms with Crippen molar-refractivity contribution in [3.8, 4) is 0 Å². The predicted molar refractivity (Wildman–Crippen MR) is 64.3 cm³/mol. The third kappa shape index (κ3) is 1.88. The quantitative estimate of drug-likeness (QED) is 0.828. The molecule has 3 nitrogen and oxygen atoms in total. The van der Waals surface area contributed by atoms with Crippen molar-refractivity contribution >= 4 is 0 Å². The van der Waals surface area contributed by atoms with Crippen LogP contribution in [0.1, 0.15) is 49.7 Å². The van der Waals surface area contributed by atoms with Gasteiger partial charge in [-0.05, 0) is 32.2 Å². The second kappa shape index (κ2) is 4.21. The van der Waals surface area contributed by atoms with Gasteiger partial charge in [0.15, 0.2) is 0 Å². The second-order valence-corrected chi connectivity index (χ2v) is 5.33. The number of aryl methyl sites for hydroxylation is 2. The van der Waals surface area contributed by atoms with Gasteiger partial charge in [0.05, 0.1) is 11.7 Å². The maximum atomic E-state index is 4.70. The van der Waals surface area contributed by atoms with Gasteiger partial charge in [0, 0.05) is 12.7 Å². The molecule has 0 radical (unpaired) electrons. The van der Waals surface area contributed by atoms with Crippen LogP contribution in [-0.4, -0.2) is 16.1 Å². The van der Waals surface area contributed by atoms with E-state index >= 15 is 0 Å². The van der Waals surface area contributed by atoms with Crippen LogP contribution in [-0.2, 0) is 6.54 Å². The second-order valence-electron chi connectivity index (χ2n) is 5.33. The summed E-state index contributed by atoms with van der Waals surface area (Å²) in [6.45, 7) is 4.37. The number of fused-ring (bicyclic) bond motifs is 1. The summed E-state index contributed by atoms with van der Waals surface area (Å²) in [6.07, 6.45) is 9.01. The molecule has 1 N–H and O–H groups in total. The lowest BCUT2D eigenvalue weighted by Gasteiger charge is -2.29. The minimum atomic E-state index is 0.501. The largest absolute Gasteiger partial charge is 0.333 e. The molecule has 1 aliphatic carbocycles. The van der Waals surface area contributed by atoms with Gasteiger partial charge in [-0.1, -0.05) is 19.3 Å². The monoisotopic (exact) mass is 219 g/mol. The number of aromatic nitrogens is 2. The molecule has 3 rings (SSSR count). The average Bonchev–Trinajstić information content (AvgIpc) is 2.46. The van der Waals surface area contributed by atoms with E-state index in [-0.39, 0.29) is 0 Å². The number of nitrogens with zero attached hydrogens (tertiary/aromatic N) is 2. The Morgan fingerprint density at radius 2 is 2.31 bits per heavy atom. The Labute approximate surface area is 97.3 Å². The van der Waals surface area contributed by atoms with Gasteiger partial charge in [-0.15, -0.1) is 0 Å². The van der Waals surface area contributed by atoms with E-state index in [1.807, 2.05) is 0 Å². The van der Waals surface area contributed by atoms with Crippen LogP contribution < -0.4 is 5.32 Å². The number of imidazole rings is 1. The molecule has 0 saturated heterocycles. The van der Waals surface area contributed by atoms with Crippen LogP contribution in [0.2, 0.25) is 0 Å². The molecular formula is C13H21N3. The minimum Gasteiger partial charge on any atom is -0.333 e. The number of nitrogens with one attached hydrogen (secondary N) is 1. The molecule has 1 aromatic rings. The summed E-state index contributed by atoms with van der Waals surface area (Å²) in [4.78, 5) is 4.70. The van der Waals surface area contributed by atoms with Crippen molar-refractivity contribution < 1.29 is 0 Å². The zero-order chi connectivity index (χ0) is 11.0. The van der Waals surface area contributed by atoms with Crippen molar-refractivity contribution in [3.05, 3.63) is 17.7 Å². The molecule has 1 aliphatic heterocycles. The number of rotatable bonds is 2. The Kier molecular flexibility index (Phi) is 2.72. The molecular weight excluding hydrogens is 198 g/mol. The Bertz CT molecular complexity index is 365. The SMILES string of the molecule is Cc1cn2c(n1)C(CC1CCC1)NCCC2. The van der Waals surface area contributed by atoms with Gasteiger partial charge >= 0.3 is 0 Å². The summed E-state index contributed by atoms with van der Waals surface area (Å²) >= 11 is 0. The van der Waals surface area contributed by atoms with Gasteiger partial charge < -0.3 is 9.88 Å². The van der Waals surface area contributed by atoms with Crippen molar-refractivity contribution in [2.24, 2.45) is 5.92 Å². The molecule has 0 aromatic carbocycles. The maximum absolute atomic E-state index is 4.70. The highest BCUT2D eigenvalue weighted by atomic mass is 15.1. The standard InChI is InChI=1S/C13H21N3/c1-10-9-16-7-3-6-14-12(13(16)15-10)8-11-4-2-5-11/h9,11-12,14H,2-8H2,1H3. The molecule has 1 fully saturated rings. The molecule has 1 aromatic heterocycles. The molecule has 88 valence electrons. The van der Waals surface area contributed by atoms with E-state index in [2.05, 4.69) is 23.0 Å². The first kappa shape index (κ1) is 10.3. The van der Waals surface area contributed by atoms with Gasteiger partial charge in [0.1, 0.15) is 5.82 Å². The van der Waals surface area contributed by atoms with Gasteiger partial charge in [-0.2, -0.15) is 0 Å². The Hall–Kier alpha value is -0.830. The molecule has 1 unspecified atom stereocenters. The Morgan fingerprint density at radius 3 is 3.06 bits per heavy atom. The van der Waals surface area contributed by atoms with Crippen LogP contribution in [0, 0.1) is 12.8 Å². The summed E-state index contributed by atoms with van der Waals surface area (Å²) in [6, 6.07) is 0.501. The molecule has 3 heteroatoms. The first-order valence-corrected chi connectivity index (χ1v) is 6.60. The Balaban J connectivity index is 1.80. The summed E-state index contributed by atoms with van der Waals surface area (Å²) in [5.41, 5.74) is 1.16. The zero-order valence-electron chi connectivity index (χ0n) is 10.1. The van der Waals surface area contributed by atoms with E-state index in [1.165, 1.54) is 37.9 Å². The summed E-state index contributed by atoms with van der Waals surface area (Å²) in [7, 11) is 0. The van der Waals surface area contributed by atoms with Crippen molar-refractivity contribution in [2.75, 3.05) is 6.54 Å². The fourth-order valence-electron chi connectivity index (χ4n) is 2.89. The van der Waals surface area contributed by atoms with E-state index in [4.69, 9.17) is 4.98 Å². The van der Waals surface area contributed by atoms with Crippen LogP contribution in [0.4, 0.5) is 0 Å². The molecule has 1 saturated carbocycles. The average molecular weight is 219 g/mol. The lowest BCUT2D eigenvalue weighted by atomic mass is 9.80. The minimum absolute atomic E-state index is 0.501. The highest BCUT2D eigenvalue weighted by molar-refractivity contribution is 5.08. The molecule has 0 spiro atoms. The van der Waals surface area contributed by atoms with Crippen LogP contribution in [0.5, 0.6) is 0 Å². The van der Waals surface area contributed by atoms with Gasteiger partial charge in [0.25, 0.3) is 0 Å². The number of hydrogen-bond acceptors (Lipinski definition) is 2. The van der Waals surface area contributed by atoms with E-state index < -0.39 is 0 Å². The maximum Gasteiger partial charge on any atom is 0.126 e. The van der Waals surface area contributed by atoms with Crippen molar-refractivity contribution in [1.82, 2.24) is 14.9 Å². The normalized spacial score (nSPS) is 25.9. The third-order valence-electron chi connectivity index (χ3n) is 4.00. The van der Waals surface area contributed by atoms with E-state index in [9.17, 15) is 0 Å². The van der Waals surface area contributed by atoms with Gasteiger partial charge in [-0.3, -0.25) is 0 Å². The highest BCUT2D eigenvalue weighted by Crippen LogP contribution is 2.35. The molecule has 2 heterocycles. The summed E-state index contributed by atoms with van der Waals surface area (Å²) in [5, 5.41) is 3.67. The topological polar surface area (TPSA) is 29.9 Å². The van der Waals surface area contributed by atoms with Gasteiger partial charge in [-0.25, -0.2) is 4.98 Å². The molecule has 16 heavy (non-hydrogen) atoms. The van der Waals surface area contributed by atoms with Gasteiger partial charge in [0.2, 0.25) is 0 Å². The lowest BCUT2D eigenvalue weighted by Crippen LogP contribution is -2.26. The van der Waals surface area contributed by atoms with Crippen molar-refractivity contribution in [3.63, 3.8) is 0 Å². The molecule has 0 amide bonds. The first-order chi connectivity index (χ1) is 7.83. The van der Waals surface area contributed by atoms with Crippen LogP contribution in [0.3, 0.4) is 0 Å². The van der Waals surface area contributed by atoms with Crippen molar-refractivity contribution in [1.29, 1.82) is 0 Å². The number of hydrogen-bond donors (Lipinski definition) is 1. The fourth-order valence-corrected chi connectivity index (χ4v) is 2.89. The van der Waals surface area contributed by atoms with E-state index in [0.717, 1.165) is 24.7 Å². The first-order valence-electron chi connectivity index (χ1n) is 6.60.